The summed E-state index contributed by atoms with van der Waals surface area (Å²) in [6.45, 7) is 6.95. The van der Waals surface area contributed by atoms with Gasteiger partial charge in [-0.05, 0) is 18.8 Å². The van der Waals surface area contributed by atoms with Gasteiger partial charge < -0.3 is 0 Å². The molecule has 2 atom stereocenters. The van der Waals surface area contributed by atoms with Gasteiger partial charge in [-0.3, -0.25) is 0 Å². The first kappa shape index (κ1) is 8.45. The van der Waals surface area contributed by atoms with Crippen LogP contribution in [0.3, 0.4) is 0 Å². The summed E-state index contributed by atoms with van der Waals surface area (Å²) in [5.41, 5.74) is 0. The standard InChI is InChI=1S/C9H18S/c1-4-7-8(5-2)10-9(7)6-3/h7-9H,4-6H2,1-3H3. The summed E-state index contributed by atoms with van der Waals surface area (Å²) in [6.07, 6.45) is 4.14. The van der Waals surface area contributed by atoms with Gasteiger partial charge in [-0.25, -0.2) is 0 Å². The molecule has 1 fully saturated rings. The van der Waals surface area contributed by atoms with Crippen LogP contribution >= 0.6 is 11.8 Å². The molecule has 0 saturated carbocycles. The highest BCUT2D eigenvalue weighted by atomic mass is 32.2. The van der Waals surface area contributed by atoms with E-state index in [-0.39, 0.29) is 0 Å². The van der Waals surface area contributed by atoms with Crippen molar-refractivity contribution >= 4 is 11.8 Å². The molecule has 1 saturated heterocycles. The van der Waals surface area contributed by atoms with Crippen LogP contribution in [0.1, 0.15) is 40.0 Å². The molecule has 0 aromatic heterocycles. The summed E-state index contributed by atoms with van der Waals surface area (Å²) in [6, 6.07) is 0. The van der Waals surface area contributed by atoms with Gasteiger partial charge >= 0.3 is 0 Å². The molecule has 1 heteroatoms. The van der Waals surface area contributed by atoms with Crippen molar-refractivity contribution in [3.05, 3.63) is 0 Å². The zero-order valence-corrected chi connectivity index (χ0v) is 8.08. The minimum absolute atomic E-state index is 0.995. The Bertz CT molecular complexity index is 90.9. The van der Waals surface area contributed by atoms with Crippen LogP contribution in [0.2, 0.25) is 0 Å². The van der Waals surface area contributed by atoms with Crippen LogP contribution in [0, 0.1) is 5.92 Å². The predicted molar refractivity (Wildman–Crippen MR) is 49.5 cm³/mol. The molecule has 1 rings (SSSR count). The molecule has 0 nitrogen and oxygen atoms in total. The topological polar surface area (TPSA) is 0 Å². The smallest absolute Gasteiger partial charge is 0.00860 e. The highest BCUT2D eigenvalue weighted by molar-refractivity contribution is 8.01. The molecule has 0 aromatic rings. The Morgan fingerprint density at radius 1 is 0.900 bits per heavy atom. The fourth-order valence-electron chi connectivity index (χ4n) is 1.90. The first-order chi connectivity index (χ1) is 4.83. The number of hydrogen-bond donors (Lipinski definition) is 0. The third kappa shape index (κ3) is 1.34. The Kier molecular flexibility index (Phi) is 3.09. The SMILES string of the molecule is CCC1SC(CC)C1CC. The molecular weight excluding hydrogens is 140 g/mol. The highest BCUT2D eigenvalue weighted by Crippen LogP contribution is 2.47. The molecule has 1 heterocycles. The minimum Gasteiger partial charge on any atom is -0.155 e. The molecule has 0 radical (unpaired) electrons. The summed E-state index contributed by atoms with van der Waals surface area (Å²) in [7, 11) is 0. The largest absolute Gasteiger partial charge is 0.155 e. The number of hydrogen-bond acceptors (Lipinski definition) is 1. The van der Waals surface area contributed by atoms with Crippen molar-refractivity contribution in [3.63, 3.8) is 0 Å². The number of thioether (sulfide) groups is 1. The van der Waals surface area contributed by atoms with Crippen LogP contribution in [0.4, 0.5) is 0 Å². The van der Waals surface area contributed by atoms with E-state index in [1.807, 2.05) is 0 Å². The fourth-order valence-corrected chi connectivity index (χ4v) is 3.63. The van der Waals surface area contributed by atoms with E-state index in [9.17, 15) is 0 Å². The van der Waals surface area contributed by atoms with Crippen molar-refractivity contribution in [1.82, 2.24) is 0 Å². The van der Waals surface area contributed by atoms with E-state index < -0.39 is 0 Å². The average molecular weight is 158 g/mol. The summed E-state index contributed by atoms with van der Waals surface area (Å²) in [5.74, 6) is 1.04. The van der Waals surface area contributed by atoms with E-state index in [0.29, 0.717) is 0 Å². The molecule has 1 aliphatic rings. The molecule has 0 spiro atoms. The van der Waals surface area contributed by atoms with Crippen LogP contribution in [0.15, 0.2) is 0 Å². The molecule has 0 aromatic carbocycles. The van der Waals surface area contributed by atoms with Crippen LogP contribution in [0.25, 0.3) is 0 Å². The molecular formula is C9H18S. The van der Waals surface area contributed by atoms with Gasteiger partial charge in [0.1, 0.15) is 0 Å². The lowest BCUT2D eigenvalue weighted by molar-refractivity contribution is 0.411. The molecule has 1 aliphatic heterocycles. The van der Waals surface area contributed by atoms with E-state index in [1.54, 1.807) is 0 Å². The predicted octanol–water partition coefficient (Wildman–Crippen LogP) is 3.32. The second kappa shape index (κ2) is 3.66. The first-order valence-corrected chi connectivity index (χ1v) is 5.43. The number of rotatable bonds is 3. The van der Waals surface area contributed by atoms with E-state index in [0.717, 1.165) is 16.4 Å². The summed E-state index contributed by atoms with van der Waals surface area (Å²) in [5, 5.41) is 1.99. The van der Waals surface area contributed by atoms with Gasteiger partial charge in [-0.15, -0.1) is 0 Å². The second-order valence-electron chi connectivity index (χ2n) is 3.10. The van der Waals surface area contributed by atoms with E-state index in [4.69, 9.17) is 0 Å². The fraction of sp³-hybridized carbons (Fsp3) is 1.00. The third-order valence-electron chi connectivity index (χ3n) is 2.58. The van der Waals surface area contributed by atoms with Gasteiger partial charge in [-0.1, -0.05) is 27.2 Å². The molecule has 0 amide bonds. The van der Waals surface area contributed by atoms with Gasteiger partial charge in [0.25, 0.3) is 0 Å². The Balaban J connectivity index is 2.30. The van der Waals surface area contributed by atoms with Crippen molar-refractivity contribution < 1.29 is 0 Å². The maximum absolute atomic E-state index is 2.33. The summed E-state index contributed by atoms with van der Waals surface area (Å²) in [4.78, 5) is 0. The lowest BCUT2D eigenvalue weighted by Crippen LogP contribution is -2.38. The Hall–Kier alpha value is 0.350. The van der Waals surface area contributed by atoms with Crippen LogP contribution in [0.5, 0.6) is 0 Å². The maximum atomic E-state index is 2.33. The van der Waals surface area contributed by atoms with Crippen LogP contribution in [-0.2, 0) is 0 Å². The highest BCUT2D eigenvalue weighted by Gasteiger charge is 2.37. The Morgan fingerprint density at radius 2 is 1.40 bits per heavy atom. The van der Waals surface area contributed by atoms with Crippen molar-refractivity contribution in [1.29, 1.82) is 0 Å². The van der Waals surface area contributed by atoms with Crippen LogP contribution in [-0.4, -0.2) is 10.5 Å². The lowest BCUT2D eigenvalue weighted by Gasteiger charge is -2.43. The summed E-state index contributed by atoms with van der Waals surface area (Å²) < 4.78 is 0. The molecule has 60 valence electrons. The normalized spacial score (nSPS) is 39.3. The van der Waals surface area contributed by atoms with Gasteiger partial charge in [0.2, 0.25) is 0 Å². The third-order valence-corrected chi connectivity index (χ3v) is 4.65. The monoisotopic (exact) mass is 158 g/mol. The van der Waals surface area contributed by atoms with Crippen molar-refractivity contribution in [2.24, 2.45) is 5.92 Å². The van der Waals surface area contributed by atoms with E-state index >= 15 is 0 Å². The zero-order valence-electron chi connectivity index (χ0n) is 7.26. The zero-order chi connectivity index (χ0) is 7.56. The Morgan fingerprint density at radius 3 is 1.70 bits per heavy atom. The van der Waals surface area contributed by atoms with E-state index in [2.05, 4.69) is 32.5 Å². The molecule has 10 heavy (non-hydrogen) atoms. The van der Waals surface area contributed by atoms with Crippen LogP contribution < -0.4 is 0 Å². The molecule has 0 aliphatic carbocycles. The first-order valence-electron chi connectivity index (χ1n) is 4.48. The van der Waals surface area contributed by atoms with Gasteiger partial charge in [0, 0.05) is 10.5 Å². The van der Waals surface area contributed by atoms with Crippen molar-refractivity contribution in [2.75, 3.05) is 0 Å². The second-order valence-corrected chi connectivity index (χ2v) is 4.58. The van der Waals surface area contributed by atoms with E-state index in [1.165, 1.54) is 19.3 Å². The lowest BCUT2D eigenvalue weighted by atomic mass is 9.93. The Labute approximate surface area is 68.8 Å². The minimum atomic E-state index is 0.995. The molecule has 2 unspecified atom stereocenters. The maximum Gasteiger partial charge on any atom is 0.00860 e. The van der Waals surface area contributed by atoms with Gasteiger partial charge in [-0.2, -0.15) is 11.8 Å². The average Bonchev–Trinajstić information content (AvgIpc) is 1.89. The van der Waals surface area contributed by atoms with Crippen molar-refractivity contribution in [3.8, 4) is 0 Å². The summed E-state index contributed by atoms with van der Waals surface area (Å²) >= 11 is 2.21. The van der Waals surface area contributed by atoms with Gasteiger partial charge in [0.05, 0.1) is 0 Å². The quantitative estimate of drug-likeness (QED) is 0.607. The van der Waals surface area contributed by atoms with Crippen molar-refractivity contribution in [2.45, 2.75) is 50.5 Å². The molecule has 0 bridgehead atoms. The molecule has 0 N–H and O–H groups in total. The van der Waals surface area contributed by atoms with Gasteiger partial charge in [0.15, 0.2) is 0 Å².